The molecule has 4 aliphatic heterocycles. The van der Waals surface area contributed by atoms with Crippen molar-refractivity contribution >= 4 is 75.8 Å². The van der Waals surface area contributed by atoms with Crippen LogP contribution in [0.25, 0.3) is 0 Å². The van der Waals surface area contributed by atoms with E-state index >= 15 is 0 Å². The maximum atomic E-state index is 12.7. The average molecular weight is 978 g/mol. The molecule has 2 atom stereocenters. The summed E-state index contributed by atoms with van der Waals surface area (Å²) in [7, 11) is 0. The lowest BCUT2D eigenvalue weighted by molar-refractivity contribution is 0.0301. The van der Waals surface area contributed by atoms with Crippen LogP contribution in [0.3, 0.4) is 0 Å². The highest BCUT2D eigenvalue weighted by atomic mass is 32.1. The fourth-order valence-corrected chi connectivity index (χ4v) is 8.84. The van der Waals surface area contributed by atoms with Crippen LogP contribution in [0.4, 0.5) is 34.9 Å². The van der Waals surface area contributed by atoms with Gasteiger partial charge in [-0.2, -0.15) is 9.97 Å². The fourth-order valence-electron chi connectivity index (χ4n) is 8.16. The number of hydrogen-bond acceptors (Lipinski definition) is 20. The quantitative estimate of drug-likeness (QED) is 0.103. The molecule has 0 spiro atoms. The Morgan fingerprint density at radius 1 is 0.643 bits per heavy atom. The Hall–Kier alpha value is -7.48. The average Bonchev–Trinajstić information content (AvgIpc) is 3.83. The summed E-state index contributed by atoms with van der Waals surface area (Å²) in [6, 6.07) is 13.8. The largest absolute Gasteiger partial charge is 0.378 e. The molecule has 4 saturated heterocycles. The maximum absolute atomic E-state index is 12.7. The predicted molar refractivity (Wildman–Crippen MR) is 259 cm³/mol. The first-order chi connectivity index (χ1) is 33.9. The molecule has 5 amide bonds. The summed E-state index contributed by atoms with van der Waals surface area (Å²) < 4.78 is 10.6. The zero-order chi connectivity index (χ0) is 49.1. The summed E-state index contributed by atoms with van der Waals surface area (Å²) in [6.07, 6.45) is 5.09. The Kier molecular flexibility index (Phi) is 15.9. The van der Waals surface area contributed by atoms with Crippen LogP contribution in [-0.4, -0.2) is 166 Å². The van der Waals surface area contributed by atoms with Crippen LogP contribution >= 0.6 is 11.3 Å². The van der Waals surface area contributed by atoms with Gasteiger partial charge in [0.2, 0.25) is 11.9 Å². The lowest BCUT2D eigenvalue weighted by atomic mass is 10.1. The van der Waals surface area contributed by atoms with Crippen molar-refractivity contribution in [3.63, 3.8) is 0 Å². The van der Waals surface area contributed by atoms with E-state index in [1.807, 2.05) is 16.7 Å². The summed E-state index contributed by atoms with van der Waals surface area (Å²) in [4.78, 5) is 82.9. The molecule has 0 aliphatic carbocycles. The summed E-state index contributed by atoms with van der Waals surface area (Å²) >= 11 is 1.35. The van der Waals surface area contributed by atoms with Crippen molar-refractivity contribution in [1.29, 1.82) is 0 Å². The van der Waals surface area contributed by atoms with Gasteiger partial charge in [-0.1, -0.05) is 0 Å². The van der Waals surface area contributed by atoms with Crippen molar-refractivity contribution in [2.75, 3.05) is 99.2 Å². The minimum atomic E-state index is -0.771. The number of benzene rings is 2. The Morgan fingerprint density at radius 2 is 1.11 bits per heavy atom. The van der Waals surface area contributed by atoms with Gasteiger partial charge >= 0.3 is 0 Å². The molecule has 3 aromatic heterocycles. The Morgan fingerprint density at radius 3 is 1.56 bits per heavy atom. The van der Waals surface area contributed by atoms with Gasteiger partial charge in [0, 0.05) is 86.9 Å². The summed E-state index contributed by atoms with van der Waals surface area (Å²) in [6.45, 7) is 8.82. The van der Waals surface area contributed by atoms with Crippen LogP contribution in [0.2, 0.25) is 0 Å². The maximum Gasteiger partial charge on any atom is 0.273 e. The third-order valence-electron chi connectivity index (χ3n) is 11.8. The van der Waals surface area contributed by atoms with Crippen LogP contribution in [0.5, 0.6) is 0 Å². The molecule has 25 heteroatoms. The number of piperidine rings is 2. The molecule has 70 heavy (non-hydrogen) atoms. The number of hydrogen-bond donors (Lipinski definition) is 6. The molecule has 7 heterocycles. The lowest BCUT2D eigenvalue weighted by Gasteiger charge is -2.33. The van der Waals surface area contributed by atoms with Crippen LogP contribution < -0.4 is 43.0 Å². The number of nitrogens with one attached hydrogen (secondary N) is 3. The fraction of sp³-hybridized carbons (Fsp3) is 0.422. The highest BCUT2D eigenvalue weighted by molar-refractivity contribution is 7.13. The standard InChI is InChI=1S/C25H29N9O4S.C20H26N8O3/c1-15-27-13-19(39-15)23(36)29-18-3-2-8-34(14-18)25-30-22(20(21(26)35)31-32-25)28-17-6-4-16(5-7-17)24(37)33-9-11-38-12-10-33;21-14-2-1-7-28(12-14)20-24-18(16(17(22)29)25-26-20)23-15-5-3-13(4-6-15)19(30)27-8-10-31-11-9-27/h4-7,13,18H,2-3,8-12,14H2,1H3,(H2,26,35)(H,29,36)(H,28,30,32);3-6,14H,1-2,7-12,21H2,(H2,22,29)(H,23,24,26)/t18-;14-/m11/s1. The first kappa shape index (κ1) is 49.0. The van der Waals surface area contributed by atoms with Gasteiger partial charge < -0.3 is 62.2 Å². The summed E-state index contributed by atoms with van der Waals surface area (Å²) in [5, 5.41) is 26.2. The van der Waals surface area contributed by atoms with E-state index in [0.29, 0.717) is 112 Å². The second-order valence-electron chi connectivity index (χ2n) is 16.9. The molecule has 2 aromatic carbocycles. The van der Waals surface area contributed by atoms with Crippen molar-refractivity contribution in [1.82, 2.24) is 50.5 Å². The molecule has 0 bridgehead atoms. The molecule has 0 saturated carbocycles. The number of nitrogens with two attached hydrogens (primary N) is 3. The van der Waals surface area contributed by atoms with Gasteiger partial charge in [0.1, 0.15) is 4.88 Å². The summed E-state index contributed by atoms with van der Waals surface area (Å²) in [5.41, 5.74) is 19.2. The van der Waals surface area contributed by atoms with E-state index in [-0.39, 0.29) is 52.8 Å². The van der Waals surface area contributed by atoms with E-state index < -0.39 is 11.8 Å². The third kappa shape index (κ3) is 12.4. The Balaban J connectivity index is 0.000000193. The van der Waals surface area contributed by atoms with Crippen LogP contribution in [-0.2, 0) is 9.47 Å². The zero-order valence-electron chi connectivity index (χ0n) is 38.6. The SMILES string of the molecule is Cc1ncc(C(=O)N[C@@H]2CCCN(c3nnc(C(N)=O)c(Nc4ccc(C(=O)N5CCOCC5)cc4)n3)C2)s1.NC(=O)c1nnc(N2CCC[C@@H](N)C2)nc1Nc1ccc(C(=O)N2CCOCC2)cc1. The number of amides is 5. The van der Waals surface area contributed by atoms with Gasteiger partial charge in [-0.3, -0.25) is 24.0 Å². The number of nitrogens with zero attached hydrogens (tertiary/aromatic N) is 11. The normalized spacial score (nSPS) is 18.3. The number of aryl methyl sites for hydroxylation is 1. The highest BCUT2D eigenvalue weighted by Crippen LogP contribution is 2.25. The second kappa shape index (κ2) is 22.8. The van der Waals surface area contributed by atoms with Gasteiger partial charge in [0.15, 0.2) is 23.0 Å². The van der Waals surface area contributed by atoms with Crippen molar-refractivity contribution in [2.24, 2.45) is 17.2 Å². The van der Waals surface area contributed by atoms with Gasteiger partial charge in [0.25, 0.3) is 29.5 Å². The molecule has 9 N–H and O–H groups in total. The number of ether oxygens (including phenoxy) is 2. The number of aromatic nitrogens is 7. The van der Waals surface area contributed by atoms with E-state index in [0.717, 1.165) is 37.2 Å². The van der Waals surface area contributed by atoms with Gasteiger partial charge in [-0.15, -0.1) is 31.7 Å². The molecular weight excluding hydrogens is 923 g/mol. The number of rotatable bonds is 12. The molecule has 0 unspecified atom stereocenters. The molecule has 24 nitrogen and oxygen atoms in total. The predicted octanol–water partition coefficient (Wildman–Crippen LogP) is 1.46. The van der Waals surface area contributed by atoms with Gasteiger partial charge in [-0.25, -0.2) is 4.98 Å². The van der Waals surface area contributed by atoms with Crippen molar-refractivity contribution < 1.29 is 33.4 Å². The number of primary amides is 2. The topological polar surface area (TPSA) is 321 Å². The Bertz CT molecular complexity index is 2660. The van der Waals surface area contributed by atoms with E-state index in [2.05, 4.69) is 51.3 Å². The number of thiazole rings is 1. The van der Waals surface area contributed by atoms with Crippen LogP contribution in [0, 0.1) is 6.92 Å². The minimum Gasteiger partial charge on any atom is -0.378 e. The molecule has 9 rings (SSSR count). The first-order valence-electron chi connectivity index (χ1n) is 22.9. The van der Waals surface area contributed by atoms with E-state index in [4.69, 9.17) is 26.7 Å². The summed E-state index contributed by atoms with van der Waals surface area (Å²) in [5.74, 6) is -0.694. The number of anilines is 6. The van der Waals surface area contributed by atoms with Crippen LogP contribution in [0.15, 0.2) is 54.7 Å². The number of carbonyl (C=O) groups is 5. The lowest BCUT2D eigenvalue weighted by Crippen LogP contribution is -2.48. The highest BCUT2D eigenvalue weighted by Gasteiger charge is 2.27. The second-order valence-corrected chi connectivity index (χ2v) is 18.1. The van der Waals surface area contributed by atoms with E-state index in [1.165, 1.54) is 11.3 Å². The van der Waals surface area contributed by atoms with E-state index in [9.17, 15) is 24.0 Å². The minimum absolute atomic E-state index is 0.0416. The number of morpholine rings is 2. The Labute approximate surface area is 406 Å². The van der Waals surface area contributed by atoms with Gasteiger partial charge in [0.05, 0.1) is 37.6 Å². The smallest absolute Gasteiger partial charge is 0.273 e. The molecule has 5 aromatic rings. The van der Waals surface area contributed by atoms with Crippen molar-refractivity contribution in [3.05, 3.63) is 87.1 Å². The van der Waals surface area contributed by atoms with Gasteiger partial charge in [-0.05, 0) is 81.1 Å². The third-order valence-corrected chi connectivity index (χ3v) is 12.7. The van der Waals surface area contributed by atoms with Crippen molar-refractivity contribution in [2.45, 2.75) is 44.7 Å². The van der Waals surface area contributed by atoms with E-state index in [1.54, 1.807) is 64.5 Å². The van der Waals surface area contributed by atoms with Crippen molar-refractivity contribution in [3.8, 4) is 0 Å². The van der Waals surface area contributed by atoms with Crippen LogP contribution in [0.1, 0.15) is 82.1 Å². The first-order valence-corrected chi connectivity index (χ1v) is 23.8. The monoisotopic (exact) mass is 977 g/mol. The number of carbonyl (C=O) groups excluding carboxylic acids is 5. The zero-order valence-corrected chi connectivity index (χ0v) is 39.4. The molecule has 0 radical (unpaired) electrons. The molecule has 4 aliphatic rings. The molecule has 368 valence electrons. The molecule has 4 fully saturated rings. The molecular formula is C45H55N17O7S.